The molecular formula is C26H25N3O4S2. The van der Waals surface area contributed by atoms with Gasteiger partial charge in [-0.2, -0.15) is 0 Å². The monoisotopic (exact) mass is 507 g/mol. The van der Waals surface area contributed by atoms with Gasteiger partial charge in [0.2, 0.25) is 11.8 Å². The zero-order chi connectivity index (χ0) is 24.8. The van der Waals surface area contributed by atoms with Crippen LogP contribution < -0.4 is 10.6 Å². The van der Waals surface area contributed by atoms with E-state index in [2.05, 4.69) is 15.6 Å². The van der Waals surface area contributed by atoms with Crippen LogP contribution >= 0.6 is 23.1 Å². The number of aliphatic carboxylic acids is 1. The summed E-state index contributed by atoms with van der Waals surface area (Å²) < 4.78 is 0. The minimum atomic E-state index is -0.962. The summed E-state index contributed by atoms with van der Waals surface area (Å²) in [4.78, 5) is 41.9. The highest BCUT2D eigenvalue weighted by molar-refractivity contribution is 8.00. The number of carbonyl (C=O) groups excluding carboxylic acids is 2. The topological polar surface area (TPSA) is 108 Å². The van der Waals surface area contributed by atoms with Gasteiger partial charge in [0.25, 0.3) is 0 Å². The number of hydrogen-bond acceptors (Lipinski definition) is 6. The summed E-state index contributed by atoms with van der Waals surface area (Å²) in [5, 5.41) is 17.5. The summed E-state index contributed by atoms with van der Waals surface area (Å²) in [6.45, 7) is 2.03. The molecule has 0 spiro atoms. The van der Waals surface area contributed by atoms with Crippen LogP contribution in [0.25, 0.3) is 11.3 Å². The van der Waals surface area contributed by atoms with Crippen LogP contribution in [-0.4, -0.2) is 33.6 Å². The average molecular weight is 508 g/mol. The Morgan fingerprint density at radius 1 is 1.06 bits per heavy atom. The van der Waals surface area contributed by atoms with Crippen LogP contribution in [0, 0.1) is 18.8 Å². The van der Waals surface area contributed by atoms with Gasteiger partial charge in [-0.15, -0.1) is 23.1 Å². The third-order valence-electron chi connectivity index (χ3n) is 5.66. The number of rotatable bonds is 8. The van der Waals surface area contributed by atoms with E-state index < -0.39 is 17.8 Å². The number of thiazole rings is 1. The number of nitrogens with one attached hydrogen (secondary N) is 2. The Labute approximate surface area is 211 Å². The lowest BCUT2D eigenvalue weighted by molar-refractivity contribution is -0.146. The molecule has 2 aromatic carbocycles. The lowest BCUT2D eigenvalue weighted by atomic mass is 9.82. The number of carbonyl (C=O) groups is 3. The second-order valence-corrected chi connectivity index (χ2v) is 10.2. The minimum Gasteiger partial charge on any atom is -0.481 e. The molecule has 7 nitrogen and oxygen atoms in total. The average Bonchev–Trinajstić information content (AvgIpc) is 3.31. The van der Waals surface area contributed by atoms with Crippen LogP contribution in [0.1, 0.15) is 18.4 Å². The van der Waals surface area contributed by atoms with E-state index >= 15 is 0 Å². The van der Waals surface area contributed by atoms with Crippen molar-refractivity contribution >= 4 is 51.7 Å². The van der Waals surface area contributed by atoms with Crippen molar-refractivity contribution in [3.8, 4) is 11.3 Å². The molecule has 180 valence electrons. The largest absolute Gasteiger partial charge is 0.481 e. The van der Waals surface area contributed by atoms with Gasteiger partial charge < -0.3 is 15.7 Å². The number of nitrogens with zero attached hydrogens (tertiary/aromatic N) is 1. The first kappa shape index (κ1) is 24.7. The van der Waals surface area contributed by atoms with Crippen molar-refractivity contribution < 1.29 is 19.5 Å². The Bertz CT molecular complexity index is 1250. The van der Waals surface area contributed by atoms with Gasteiger partial charge in [-0.3, -0.25) is 14.4 Å². The normalized spacial score (nSPS) is 17.1. The number of thioether (sulfide) groups is 1. The fourth-order valence-corrected chi connectivity index (χ4v) is 5.26. The van der Waals surface area contributed by atoms with Gasteiger partial charge in [0.05, 0.1) is 23.3 Å². The van der Waals surface area contributed by atoms with Gasteiger partial charge in [-0.1, -0.05) is 48.0 Å². The second-order valence-electron chi connectivity index (χ2n) is 8.25. The molecule has 0 radical (unpaired) electrons. The number of carboxylic acid groups (broad SMARTS) is 1. The van der Waals surface area contributed by atoms with E-state index in [1.54, 1.807) is 24.3 Å². The van der Waals surface area contributed by atoms with Crippen LogP contribution in [0.3, 0.4) is 0 Å². The molecule has 1 aliphatic carbocycles. The third kappa shape index (κ3) is 6.58. The van der Waals surface area contributed by atoms with Crippen molar-refractivity contribution in [3.05, 3.63) is 71.6 Å². The molecule has 2 unspecified atom stereocenters. The molecule has 1 aliphatic rings. The Morgan fingerprint density at radius 2 is 1.80 bits per heavy atom. The lowest BCUT2D eigenvalue weighted by Gasteiger charge is -2.24. The summed E-state index contributed by atoms with van der Waals surface area (Å²) >= 11 is 2.72. The van der Waals surface area contributed by atoms with Crippen molar-refractivity contribution in [3.63, 3.8) is 0 Å². The summed E-state index contributed by atoms with van der Waals surface area (Å²) in [5.41, 5.74) is 3.56. The second kappa shape index (κ2) is 11.3. The fourth-order valence-electron chi connectivity index (χ4n) is 3.77. The van der Waals surface area contributed by atoms with Crippen LogP contribution in [0.2, 0.25) is 0 Å². The molecule has 1 aromatic heterocycles. The summed E-state index contributed by atoms with van der Waals surface area (Å²) in [6.07, 6.45) is 4.41. The molecule has 3 aromatic rings. The molecule has 2 amide bonds. The van der Waals surface area contributed by atoms with Crippen LogP contribution in [0.4, 0.5) is 10.8 Å². The Balaban J connectivity index is 1.31. The van der Waals surface area contributed by atoms with Gasteiger partial charge >= 0.3 is 5.97 Å². The minimum absolute atomic E-state index is 0.174. The maximum atomic E-state index is 12.7. The summed E-state index contributed by atoms with van der Waals surface area (Å²) in [5.74, 6) is -2.59. The van der Waals surface area contributed by atoms with E-state index in [0.717, 1.165) is 16.2 Å². The molecule has 9 heteroatoms. The number of aromatic nitrogens is 1. The van der Waals surface area contributed by atoms with Gasteiger partial charge in [0.15, 0.2) is 5.13 Å². The number of amides is 2. The van der Waals surface area contributed by atoms with Crippen LogP contribution in [-0.2, 0) is 14.4 Å². The van der Waals surface area contributed by atoms with Gasteiger partial charge in [-0.25, -0.2) is 4.98 Å². The summed E-state index contributed by atoms with van der Waals surface area (Å²) in [6, 6.07) is 15.2. The standard InChI is InChI=1S/C26H25N3O4S2/c1-16-9-11-17(12-10-16)22-14-35-26(28-22)29-23(30)15-34-19-6-4-5-18(13-19)27-24(31)20-7-2-3-8-21(20)25(32)33/h2-6,9-14,20-21H,7-8,15H2,1H3,(H,27,31)(H,32,33)(H,28,29,30). The van der Waals surface area contributed by atoms with E-state index in [1.165, 1.54) is 28.7 Å². The highest BCUT2D eigenvalue weighted by atomic mass is 32.2. The molecule has 0 bridgehead atoms. The van der Waals surface area contributed by atoms with E-state index in [9.17, 15) is 19.5 Å². The number of anilines is 2. The van der Waals surface area contributed by atoms with Crippen molar-refractivity contribution in [1.29, 1.82) is 0 Å². The quantitative estimate of drug-likeness (QED) is 0.276. The third-order valence-corrected chi connectivity index (χ3v) is 7.41. The molecule has 0 aliphatic heterocycles. The molecule has 1 heterocycles. The zero-order valence-electron chi connectivity index (χ0n) is 19.1. The fraction of sp³-hybridized carbons (Fsp3) is 0.231. The molecule has 0 fully saturated rings. The van der Waals surface area contributed by atoms with Gasteiger partial charge in [-0.05, 0) is 38.0 Å². The molecule has 4 rings (SSSR count). The van der Waals surface area contributed by atoms with E-state index in [-0.39, 0.29) is 17.6 Å². The first-order chi connectivity index (χ1) is 16.9. The predicted octanol–water partition coefficient (Wildman–Crippen LogP) is 5.45. The van der Waals surface area contributed by atoms with Crippen molar-refractivity contribution in [2.24, 2.45) is 11.8 Å². The number of benzene rings is 2. The van der Waals surface area contributed by atoms with E-state index in [0.29, 0.717) is 23.7 Å². The molecular weight excluding hydrogens is 482 g/mol. The molecule has 0 saturated carbocycles. The molecule has 2 atom stereocenters. The highest BCUT2D eigenvalue weighted by Crippen LogP contribution is 2.29. The van der Waals surface area contributed by atoms with Crippen molar-refractivity contribution in [2.45, 2.75) is 24.7 Å². The lowest BCUT2D eigenvalue weighted by Crippen LogP contribution is -2.34. The Morgan fingerprint density at radius 3 is 2.54 bits per heavy atom. The van der Waals surface area contributed by atoms with E-state index in [4.69, 9.17) is 0 Å². The molecule has 35 heavy (non-hydrogen) atoms. The maximum Gasteiger partial charge on any atom is 0.307 e. The smallest absolute Gasteiger partial charge is 0.307 e. The Hall–Kier alpha value is -3.43. The van der Waals surface area contributed by atoms with Crippen LogP contribution in [0.15, 0.2) is 71.0 Å². The predicted molar refractivity (Wildman–Crippen MR) is 140 cm³/mol. The SMILES string of the molecule is Cc1ccc(-c2csc(NC(=O)CSc3cccc(NC(=O)C4CC=CCC4C(=O)O)c3)n2)cc1. The first-order valence-electron chi connectivity index (χ1n) is 11.1. The Kier molecular flexibility index (Phi) is 7.99. The maximum absolute atomic E-state index is 12.7. The van der Waals surface area contributed by atoms with Crippen molar-refractivity contribution in [2.75, 3.05) is 16.4 Å². The highest BCUT2D eigenvalue weighted by Gasteiger charge is 2.33. The number of allylic oxidation sites excluding steroid dienone is 2. The molecule has 3 N–H and O–H groups in total. The number of carboxylic acids is 1. The van der Waals surface area contributed by atoms with Gasteiger partial charge in [0, 0.05) is 21.5 Å². The summed E-state index contributed by atoms with van der Waals surface area (Å²) in [7, 11) is 0. The van der Waals surface area contributed by atoms with Crippen LogP contribution in [0.5, 0.6) is 0 Å². The van der Waals surface area contributed by atoms with E-state index in [1.807, 2.05) is 48.7 Å². The number of aryl methyl sites for hydroxylation is 1. The first-order valence-corrected chi connectivity index (χ1v) is 13.0. The number of hydrogen-bond donors (Lipinski definition) is 3. The van der Waals surface area contributed by atoms with Crippen molar-refractivity contribution in [1.82, 2.24) is 4.98 Å². The zero-order valence-corrected chi connectivity index (χ0v) is 20.7. The van der Waals surface area contributed by atoms with Gasteiger partial charge in [0.1, 0.15) is 0 Å². The molecule has 0 saturated heterocycles.